The molecular formula is C18H15N7O3. The monoisotopic (exact) mass is 377 g/mol. The van der Waals surface area contributed by atoms with Gasteiger partial charge in [0.1, 0.15) is 6.33 Å². The summed E-state index contributed by atoms with van der Waals surface area (Å²) in [7, 11) is 0. The molecule has 0 atom stereocenters. The molecule has 0 aliphatic carbocycles. The molecule has 4 aromatic rings. The molecule has 2 heterocycles. The molecule has 0 bridgehead atoms. The van der Waals surface area contributed by atoms with Crippen molar-refractivity contribution in [2.24, 2.45) is 0 Å². The van der Waals surface area contributed by atoms with Crippen molar-refractivity contribution in [1.29, 1.82) is 0 Å². The highest BCUT2D eigenvalue weighted by Gasteiger charge is 2.11. The third-order valence-electron chi connectivity index (χ3n) is 4.27. The van der Waals surface area contributed by atoms with Gasteiger partial charge < -0.3 is 14.9 Å². The Morgan fingerprint density at radius 3 is 2.79 bits per heavy atom. The molecule has 2 N–H and O–H groups in total. The minimum absolute atomic E-state index is 0.345. The van der Waals surface area contributed by atoms with Crippen LogP contribution < -0.4 is 16.4 Å². The minimum Gasteiger partial charge on any atom is -0.322 e. The summed E-state index contributed by atoms with van der Waals surface area (Å²) in [6.45, 7) is 2.13. The molecule has 28 heavy (non-hydrogen) atoms. The van der Waals surface area contributed by atoms with Crippen molar-refractivity contribution >= 4 is 22.6 Å². The maximum absolute atomic E-state index is 12.6. The molecule has 10 heteroatoms. The van der Waals surface area contributed by atoms with E-state index >= 15 is 0 Å². The normalized spacial score (nSPS) is 10.9. The fourth-order valence-electron chi connectivity index (χ4n) is 2.94. The second kappa shape index (κ2) is 6.91. The van der Waals surface area contributed by atoms with Gasteiger partial charge in [-0.05, 0) is 53.7 Å². The van der Waals surface area contributed by atoms with E-state index in [9.17, 15) is 14.4 Å². The third kappa shape index (κ3) is 3.07. The van der Waals surface area contributed by atoms with Crippen LogP contribution in [0.25, 0.3) is 16.7 Å². The summed E-state index contributed by atoms with van der Waals surface area (Å²) in [4.78, 5) is 38.9. The van der Waals surface area contributed by atoms with Gasteiger partial charge in [-0.2, -0.15) is 0 Å². The summed E-state index contributed by atoms with van der Waals surface area (Å²) in [5, 5.41) is 13.8. The van der Waals surface area contributed by atoms with E-state index in [1.807, 2.05) is 0 Å². The van der Waals surface area contributed by atoms with Gasteiger partial charge in [-0.25, -0.2) is 4.68 Å². The lowest BCUT2D eigenvalue weighted by Gasteiger charge is -2.10. The Labute approximate surface area is 157 Å². The van der Waals surface area contributed by atoms with E-state index in [1.54, 1.807) is 49.4 Å². The zero-order valence-electron chi connectivity index (χ0n) is 14.8. The second-order valence-corrected chi connectivity index (χ2v) is 5.99. The Hall–Kier alpha value is -4.08. The van der Waals surface area contributed by atoms with Crippen LogP contribution in [0.15, 0.2) is 58.4 Å². The van der Waals surface area contributed by atoms with Crippen molar-refractivity contribution in [3.63, 3.8) is 0 Å². The van der Waals surface area contributed by atoms with E-state index in [-0.39, 0.29) is 5.91 Å². The number of aromatic nitrogens is 6. The molecule has 0 saturated carbocycles. The predicted molar refractivity (Wildman–Crippen MR) is 102 cm³/mol. The Kier molecular flexibility index (Phi) is 4.28. The Morgan fingerprint density at radius 1 is 1.18 bits per heavy atom. The van der Waals surface area contributed by atoms with E-state index in [4.69, 9.17) is 0 Å². The van der Waals surface area contributed by atoms with Gasteiger partial charge in [0.2, 0.25) is 0 Å². The first-order valence-corrected chi connectivity index (χ1v) is 8.48. The highest BCUT2D eigenvalue weighted by atomic mass is 16.2. The number of hydrogen-bond acceptors (Lipinski definition) is 6. The molecule has 0 aliphatic rings. The standard InChI is InChI=1S/C18H15N7O3/c1-2-24-15-7-6-11(8-14(15)21-17(27)18(24)28)16(26)20-12-4-3-5-13(9-12)25-10-19-22-23-25/h3-10H,2H2,1H3,(H,20,26)(H,21,27). The zero-order chi connectivity index (χ0) is 19.7. The van der Waals surface area contributed by atoms with Gasteiger partial charge >= 0.3 is 11.1 Å². The van der Waals surface area contributed by atoms with Crippen LogP contribution in [0.1, 0.15) is 17.3 Å². The number of H-pyrrole nitrogens is 1. The van der Waals surface area contributed by atoms with Crippen molar-refractivity contribution in [1.82, 2.24) is 29.8 Å². The van der Waals surface area contributed by atoms with Crippen LogP contribution in [0.5, 0.6) is 0 Å². The number of benzene rings is 2. The van der Waals surface area contributed by atoms with Crippen LogP contribution in [0.3, 0.4) is 0 Å². The average molecular weight is 377 g/mol. The summed E-state index contributed by atoms with van der Waals surface area (Å²) >= 11 is 0. The van der Waals surface area contributed by atoms with Gasteiger partial charge in [0.25, 0.3) is 5.91 Å². The minimum atomic E-state index is -0.721. The van der Waals surface area contributed by atoms with Crippen LogP contribution in [-0.2, 0) is 6.54 Å². The van der Waals surface area contributed by atoms with Crippen molar-refractivity contribution in [3.05, 3.63) is 75.1 Å². The number of nitrogens with one attached hydrogen (secondary N) is 2. The molecule has 4 rings (SSSR count). The van der Waals surface area contributed by atoms with Gasteiger partial charge in [0.05, 0.1) is 16.7 Å². The first kappa shape index (κ1) is 17.3. The number of nitrogens with zero attached hydrogens (tertiary/aromatic N) is 5. The van der Waals surface area contributed by atoms with E-state index in [2.05, 4.69) is 25.8 Å². The number of fused-ring (bicyclic) bond motifs is 1. The van der Waals surface area contributed by atoms with Gasteiger partial charge in [-0.1, -0.05) is 6.07 Å². The summed E-state index contributed by atoms with van der Waals surface area (Å²) < 4.78 is 2.84. The Morgan fingerprint density at radius 2 is 2.04 bits per heavy atom. The molecule has 0 aliphatic heterocycles. The predicted octanol–water partition coefficient (Wildman–Crippen LogP) is 0.938. The summed E-state index contributed by atoms with van der Waals surface area (Å²) in [6, 6.07) is 11.8. The largest absolute Gasteiger partial charge is 0.322 e. The quantitative estimate of drug-likeness (QED) is 0.510. The number of tetrazole rings is 1. The first-order chi connectivity index (χ1) is 13.6. The van der Waals surface area contributed by atoms with Crippen molar-refractivity contribution in [3.8, 4) is 5.69 Å². The number of carbonyl (C=O) groups is 1. The molecule has 10 nitrogen and oxygen atoms in total. The maximum Gasteiger partial charge on any atom is 0.316 e. The number of aromatic amines is 1. The van der Waals surface area contributed by atoms with Gasteiger partial charge in [-0.15, -0.1) is 5.10 Å². The summed E-state index contributed by atoms with van der Waals surface area (Å²) in [5.74, 6) is -0.356. The van der Waals surface area contributed by atoms with Crippen LogP contribution in [0.2, 0.25) is 0 Å². The molecule has 0 unspecified atom stereocenters. The topological polar surface area (TPSA) is 128 Å². The fraction of sp³-hybridized carbons (Fsp3) is 0.111. The molecule has 1 amide bonds. The molecular weight excluding hydrogens is 362 g/mol. The lowest BCUT2D eigenvalue weighted by atomic mass is 10.1. The maximum atomic E-state index is 12.6. The van der Waals surface area contributed by atoms with Crippen LogP contribution in [0, 0.1) is 0 Å². The number of anilines is 1. The molecule has 2 aromatic carbocycles. The van der Waals surface area contributed by atoms with Crippen LogP contribution >= 0.6 is 0 Å². The molecule has 0 saturated heterocycles. The molecule has 0 radical (unpaired) electrons. The molecule has 140 valence electrons. The van der Waals surface area contributed by atoms with E-state index in [0.29, 0.717) is 34.5 Å². The number of amides is 1. The summed E-state index contributed by atoms with van der Waals surface area (Å²) in [5.41, 5.74) is 1.23. The third-order valence-corrected chi connectivity index (χ3v) is 4.27. The first-order valence-electron chi connectivity index (χ1n) is 8.48. The summed E-state index contributed by atoms with van der Waals surface area (Å²) in [6.07, 6.45) is 1.45. The van der Waals surface area contributed by atoms with Crippen molar-refractivity contribution < 1.29 is 4.79 Å². The molecule has 0 spiro atoms. The van der Waals surface area contributed by atoms with E-state index in [1.165, 1.54) is 15.6 Å². The molecule has 2 aromatic heterocycles. The highest BCUT2D eigenvalue weighted by Crippen LogP contribution is 2.16. The van der Waals surface area contributed by atoms with Crippen LogP contribution in [0.4, 0.5) is 5.69 Å². The Balaban J connectivity index is 1.66. The van der Waals surface area contributed by atoms with Crippen LogP contribution in [-0.4, -0.2) is 35.7 Å². The smallest absolute Gasteiger partial charge is 0.316 e. The highest BCUT2D eigenvalue weighted by molar-refractivity contribution is 6.06. The SMILES string of the molecule is CCn1c(=O)c(=O)[nH]c2cc(C(=O)Nc3cccc(-n4cnnn4)c3)ccc21. The van der Waals surface area contributed by atoms with Gasteiger partial charge in [0.15, 0.2) is 0 Å². The number of rotatable bonds is 4. The number of carbonyl (C=O) groups excluding carboxylic acids is 1. The van der Waals surface area contributed by atoms with Gasteiger partial charge in [-0.3, -0.25) is 14.4 Å². The zero-order valence-corrected chi connectivity index (χ0v) is 14.8. The molecule has 0 fully saturated rings. The fourth-order valence-corrected chi connectivity index (χ4v) is 2.94. The van der Waals surface area contributed by atoms with Crippen molar-refractivity contribution in [2.75, 3.05) is 5.32 Å². The average Bonchev–Trinajstić information content (AvgIpc) is 3.24. The number of hydrogen-bond donors (Lipinski definition) is 2. The van der Waals surface area contributed by atoms with Gasteiger partial charge in [0, 0.05) is 17.8 Å². The number of aryl methyl sites for hydroxylation is 1. The lowest BCUT2D eigenvalue weighted by molar-refractivity contribution is 0.102. The second-order valence-electron chi connectivity index (χ2n) is 5.99. The lowest BCUT2D eigenvalue weighted by Crippen LogP contribution is -2.36. The van der Waals surface area contributed by atoms with E-state index in [0.717, 1.165) is 0 Å². The van der Waals surface area contributed by atoms with E-state index < -0.39 is 11.1 Å². The van der Waals surface area contributed by atoms with Crippen molar-refractivity contribution in [2.45, 2.75) is 13.5 Å². The Bertz CT molecular complexity index is 1290.